The van der Waals surface area contributed by atoms with Gasteiger partial charge in [0.15, 0.2) is 0 Å². The minimum atomic E-state index is -3.71. The van der Waals surface area contributed by atoms with E-state index in [1.54, 1.807) is 13.1 Å². The van der Waals surface area contributed by atoms with Gasteiger partial charge in [-0.3, -0.25) is 4.98 Å². The largest absolute Gasteiger partial charge is 0.437 e. The first-order chi connectivity index (χ1) is 8.45. The number of hydrogen-bond acceptors (Lipinski definition) is 5. The van der Waals surface area contributed by atoms with Crippen molar-refractivity contribution in [2.75, 3.05) is 0 Å². The Kier molecular flexibility index (Phi) is 3.49. The second-order valence-electron chi connectivity index (χ2n) is 3.51. The van der Waals surface area contributed by atoms with E-state index in [9.17, 15) is 8.42 Å². The predicted molar refractivity (Wildman–Crippen MR) is 66.3 cm³/mol. The second-order valence-corrected chi connectivity index (χ2v) is 6.08. The monoisotopic (exact) mass is 284 g/mol. The smallest absolute Gasteiger partial charge is 0.261 e. The third-order valence-electron chi connectivity index (χ3n) is 2.06. The molecule has 0 radical (unpaired) electrons. The SMILES string of the molecule is Cc1cncc(Oc2ccc(S(=O)(=O)Cl)cc2)n1. The molecule has 5 nitrogen and oxygen atoms in total. The van der Waals surface area contributed by atoms with Gasteiger partial charge in [-0.2, -0.15) is 0 Å². The third-order valence-corrected chi connectivity index (χ3v) is 3.43. The Bertz CT molecular complexity index is 656. The topological polar surface area (TPSA) is 69.2 Å². The van der Waals surface area contributed by atoms with Crippen molar-refractivity contribution in [2.24, 2.45) is 0 Å². The minimum absolute atomic E-state index is 0.0202. The summed E-state index contributed by atoms with van der Waals surface area (Å²) in [5, 5.41) is 0. The van der Waals surface area contributed by atoms with Crippen LogP contribution < -0.4 is 4.74 Å². The predicted octanol–water partition coefficient (Wildman–Crippen LogP) is 2.50. The van der Waals surface area contributed by atoms with Crippen LogP contribution >= 0.6 is 10.7 Å². The summed E-state index contributed by atoms with van der Waals surface area (Å²) in [4.78, 5) is 8.06. The lowest BCUT2D eigenvalue weighted by Gasteiger charge is -2.04. The summed E-state index contributed by atoms with van der Waals surface area (Å²) in [6.07, 6.45) is 3.08. The molecule has 0 aliphatic carbocycles. The summed E-state index contributed by atoms with van der Waals surface area (Å²) in [5.74, 6) is 0.801. The number of rotatable bonds is 3. The molecule has 0 amide bonds. The van der Waals surface area contributed by atoms with Crippen LogP contribution in [0, 0.1) is 6.92 Å². The number of nitrogens with zero attached hydrogens (tertiary/aromatic N) is 2. The highest BCUT2D eigenvalue weighted by molar-refractivity contribution is 8.13. The van der Waals surface area contributed by atoms with Crippen LogP contribution in [-0.2, 0) is 9.05 Å². The van der Waals surface area contributed by atoms with Crippen LogP contribution in [0.5, 0.6) is 11.6 Å². The lowest BCUT2D eigenvalue weighted by Crippen LogP contribution is -1.93. The molecular formula is C11H9ClN2O3S. The summed E-state index contributed by atoms with van der Waals surface area (Å²) in [5.41, 5.74) is 0.729. The van der Waals surface area contributed by atoms with Crippen LogP contribution in [0.1, 0.15) is 5.69 Å². The molecule has 0 N–H and O–H groups in total. The molecule has 1 aromatic carbocycles. The van der Waals surface area contributed by atoms with Gasteiger partial charge in [-0.1, -0.05) is 0 Å². The molecule has 0 aliphatic rings. The van der Waals surface area contributed by atoms with E-state index >= 15 is 0 Å². The highest BCUT2D eigenvalue weighted by Gasteiger charge is 2.09. The van der Waals surface area contributed by atoms with E-state index in [1.165, 1.54) is 30.5 Å². The molecule has 2 rings (SSSR count). The zero-order valence-corrected chi connectivity index (χ0v) is 10.9. The molecule has 1 aromatic heterocycles. The van der Waals surface area contributed by atoms with Crippen LogP contribution in [-0.4, -0.2) is 18.4 Å². The van der Waals surface area contributed by atoms with Crippen molar-refractivity contribution in [1.29, 1.82) is 0 Å². The quantitative estimate of drug-likeness (QED) is 0.810. The van der Waals surface area contributed by atoms with Crippen molar-refractivity contribution in [3.8, 4) is 11.6 Å². The van der Waals surface area contributed by atoms with Gasteiger partial charge in [0.1, 0.15) is 5.75 Å². The van der Waals surface area contributed by atoms with Gasteiger partial charge in [-0.05, 0) is 31.2 Å². The molecule has 18 heavy (non-hydrogen) atoms. The van der Waals surface area contributed by atoms with Crippen molar-refractivity contribution < 1.29 is 13.2 Å². The second kappa shape index (κ2) is 4.91. The van der Waals surface area contributed by atoms with E-state index in [4.69, 9.17) is 15.4 Å². The molecule has 0 saturated heterocycles. The van der Waals surface area contributed by atoms with E-state index in [0.717, 1.165) is 5.69 Å². The van der Waals surface area contributed by atoms with Gasteiger partial charge < -0.3 is 4.74 Å². The molecule has 94 valence electrons. The Morgan fingerprint density at radius 2 is 1.83 bits per heavy atom. The van der Waals surface area contributed by atoms with Crippen molar-refractivity contribution in [1.82, 2.24) is 9.97 Å². The standard InChI is InChI=1S/C11H9ClN2O3S/c1-8-6-13-7-11(14-8)17-9-2-4-10(5-3-9)18(12,15)16/h2-7H,1H3. The van der Waals surface area contributed by atoms with Gasteiger partial charge in [0.05, 0.1) is 16.8 Å². The number of hydrogen-bond donors (Lipinski definition) is 0. The van der Waals surface area contributed by atoms with Crippen molar-refractivity contribution in [3.63, 3.8) is 0 Å². The first kappa shape index (κ1) is 12.8. The molecule has 0 fully saturated rings. The van der Waals surface area contributed by atoms with Crippen molar-refractivity contribution in [2.45, 2.75) is 11.8 Å². The van der Waals surface area contributed by atoms with Gasteiger partial charge in [-0.15, -0.1) is 0 Å². The molecule has 0 saturated carbocycles. The fourth-order valence-corrected chi connectivity index (χ4v) is 2.05. The molecule has 1 heterocycles. The fourth-order valence-electron chi connectivity index (χ4n) is 1.28. The van der Waals surface area contributed by atoms with Crippen LogP contribution in [0.4, 0.5) is 0 Å². The van der Waals surface area contributed by atoms with Gasteiger partial charge in [-0.25, -0.2) is 13.4 Å². The molecular weight excluding hydrogens is 276 g/mol. The number of halogens is 1. The Labute approximate surface area is 109 Å². The van der Waals surface area contributed by atoms with E-state index in [1.807, 2.05) is 0 Å². The first-order valence-electron chi connectivity index (χ1n) is 4.96. The number of benzene rings is 1. The number of aryl methyl sites for hydroxylation is 1. The number of ether oxygens (including phenoxy) is 1. The van der Waals surface area contributed by atoms with E-state index in [-0.39, 0.29) is 4.90 Å². The average Bonchev–Trinajstić information content (AvgIpc) is 2.28. The zero-order chi connectivity index (χ0) is 13.2. The lowest BCUT2D eigenvalue weighted by atomic mass is 10.3. The molecule has 0 aliphatic heterocycles. The number of aromatic nitrogens is 2. The van der Waals surface area contributed by atoms with Crippen molar-refractivity contribution >= 4 is 19.7 Å². The van der Waals surface area contributed by atoms with Gasteiger partial charge in [0, 0.05) is 16.9 Å². The summed E-state index contributed by atoms with van der Waals surface area (Å²) in [6, 6.07) is 5.72. The van der Waals surface area contributed by atoms with E-state index < -0.39 is 9.05 Å². The van der Waals surface area contributed by atoms with Gasteiger partial charge in [0.2, 0.25) is 5.88 Å². The van der Waals surface area contributed by atoms with E-state index in [0.29, 0.717) is 11.6 Å². The third kappa shape index (κ3) is 3.18. The van der Waals surface area contributed by atoms with Crippen LogP contribution in [0.25, 0.3) is 0 Å². The Morgan fingerprint density at radius 1 is 1.17 bits per heavy atom. The minimum Gasteiger partial charge on any atom is -0.437 e. The molecule has 0 bridgehead atoms. The molecule has 0 spiro atoms. The highest BCUT2D eigenvalue weighted by atomic mass is 35.7. The maximum atomic E-state index is 11.0. The van der Waals surface area contributed by atoms with Crippen LogP contribution in [0.3, 0.4) is 0 Å². The highest BCUT2D eigenvalue weighted by Crippen LogP contribution is 2.22. The Morgan fingerprint density at radius 3 is 2.39 bits per heavy atom. The summed E-state index contributed by atoms with van der Waals surface area (Å²) in [6.45, 7) is 1.79. The maximum absolute atomic E-state index is 11.0. The van der Waals surface area contributed by atoms with Gasteiger partial charge >= 0.3 is 0 Å². The van der Waals surface area contributed by atoms with Crippen molar-refractivity contribution in [3.05, 3.63) is 42.4 Å². The van der Waals surface area contributed by atoms with Crippen LogP contribution in [0.15, 0.2) is 41.6 Å². The fraction of sp³-hybridized carbons (Fsp3) is 0.0909. The maximum Gasteiger partial charge on any atom is 0.261 e. The molecule has 7 heteroatoms. The average molecular weight is 285 g/mol. The Hall–Kier alpha value is -1.66. The molecule has 0 atom stereocenters. The summed E-state index contributed by atoms with van der Waals surface area (Å²) < 4.78 is 27.5. The summed E-state index contributed by atoms with van der Waals surface area (Å²) >= 11 is 0. The lowest BCUT2D eigenvalue weighted by molar-refractivity contribution is 0.458. The first-order valence-corrected chi connectivity index (χ1v) is 7.27. The summed E-state index contributed by atoms with van der Waals surface area (Å²) in [7, 11) is 1.49. The molecule has 2 aromatic rings. The normalized spacial score (nSPS) is 11.2. The zero-order valence-electron chi connectivity index (χ0n) is 9.37. The molecule has 0 unspecified atom stereocenters. The van der Waals surface area contributed by atoms with E-state index in [2.05, 4.69) is 9.97 Å². The Balaban J connectivity index is 2.21. The van der Waals surface area contributed by atoms with Crippen LogP contribution in [0.2, 0.25) is 0 Å². The van der Waals surface area contributed by atoms with Gasteiger partial charge in [0.25, 0.3) is 9.05 Å².